The van der Waals surface area contributed by atoms with Crippen LogP contribution in [0, 0.1) is 24.7 Å². The number of carbonyl (C=O) groups is 2. The fourth-order valence-corrected chi connectivity index (χ4v) is 3.47. The van der Waals surface area contributed by atoms with Crippen LogP contribution in [0.2, 0.25) is 0 Å². The Labute approximate surface area is 210 Å². The topological polar surface area (TPSA) is 108 Å². The summed E-state index contributed by atoms with van der Waals surface area (Å²) in [6, 6.07) is 3.49. The molecule has 9 heteroatoms. The lowest BCUT2D eigenvalue weighted by Crippen LogP contribution is -2.27. The van der Waals surface area contributed by atoms with E-state index in [4.69, 9.17) is 9.47 Å². The minimum Gasteiger partial charge on any atom is -0.444 e. The molecule has 3 heterocycles. The molecule has 3 aromatic heterocycles. The van der Waals surface area contributed by atoms with Gasteiger partial charge in [-0.15, -0.1) is 0 Å². The smallest absolute Gasteiger partial charge is 0.420 e. The number of amides is 1. The second-order valence-corrected chi connectivity index (χ2v) is 10.8. The molecule has 0 spiro atoms. The first-order valence-electron chi connectivity index (χ1n) is 11.9. The highest BCUT2D eigenvalue weighted by molar-refractivity contribution is 6.01. The van der Waals surface area contributed by atoms with Gasteiger partial charge in [-0.25, -0.2) is 29.1 Å². The quantitative estimate of drug-likeness (QED) is 0.460. The zero-order chi connectivity index (χ0) is 26.3. The van der Waals surface area contributed by atoms with Gasteiger partial charge < -0.3 is 9.47 Å². The van der Waals surface area contributed by atoms with Crippen molar-refractivity contribution in [1.29, 1.82) is 0 Å². The number of nitrogens with one attached hydrogen (secondary N) is 1. The third-order valence-corrected chi connectivity index (χ3v) is 5.02. The van der Waals surface area contributed by atoms with Crippen molar-refractivity contribution < 1.29 is 19.1 Å². The molecule has 1 aliphatic carbocycles. The van der Waals surface area contributed by atoms with Crippen LogP contribution in [0.25, 0.3) is 22.2 Å². The minimum absolute atomic E-state index is 0.304. The van der Waals surface area contributed by atoms with E-state index in [-0.39, 0.29) is 0 Å². The second-order valence-electron chi connectivity index (χ2n) is 10.8. The van der Waals surface area contributed by atoms with Crippen LogP contribution in [0.15, 0.2) is 24.5 Å². The van der Waals surface area contributed by atoms with Crippen LogP contribution in [0.5, 0.6) is 0 Å². The monoisotopic (exact) mass is 489 g/mol. The fourth-order valence-electron chi connectivity index (χ4n) is 3.47. The van der Waals surface area contributed by atoms with Crippen LogP contribution in [-0.2, 0) is 9.47 Å². The van der Waals surface area contributed by atoms with Gasteiger partial charge >= 0.3 is 12.2 Å². The summed E-state index contributed by atoms with van der Waals surface area (Å²) < 4.78 is 12.4. The molecule has 36 heavy (non-hydrogen) atoms. The normalized spacial score (nSPS) is 13.6. The third kappa shape index (κ3) is 6.19. The molecule has 0 bridgehead atoms. The van der Waals surface area contributed by atoms with Crippen molar-refractivity contribution in [2.75, 3.05) is 5.32 Å². The maximum absolute atomic E-state index is 13.1. The van der Waals surface area contributed by atoms with E-state index in [0.29, 0.717) is 45.4 Å². The van der Waals surface area contributed by atoms with E-state index >= 15 is 0 Å². The van der Waals surface area contributed by atoms with Crippen molar-refractivity contribution in [3.05, 3.63) is 36.0 Å². The average Bonchev–Trinajstić information content (AvgIpc) is 3.48. The summed E-state index contributed by atoms with van der Waals surface area (Å²) in [6.07, 6.45) is 4.23. The molecule has 1 saturated carbocycles. The van der Waals surface area contributed by atoms with Crippen molar-refractivity contribution in [3.63, 3.8) is 0 Å². The average molecular weight is 490 g/mol. The lowest BCUT2D eigenvalue weighted by Gasteiger charge is -2.19. The molecule has 0 aliphatic heterocycles. The predicted molar refractivity (Wildman–Crippen MR) is 137 cm³/mol. The molecule has 1 fully saturated rings. The van der Waals surface area contributed by atoms with Gasteiger partial charge in [0, 0.05) is 23.9 Å². The van der Waals surface area contributed by atoms with E-state index in [0.717, 1.165) is 12.8 Å². The molecule has 0 radical (unpaired) electrons. The highest BCUT2D eigenvalue weighted by Crippen LogP contribution is 2.34. The fraction of sp³-hybridized carbons (Fsp3) is 0.444. The second kappa shape index (κ2) is 9.26. The summed E-state index contributed by atoms with van der Waals surface area (Å²) in [5.41, 5.74) is 0.986. The number of aryl methyl sites for hydroxylation is 1. The standard InChI is InChI=1S/C27H31N5O4/c1-16-29-20(11-10-17-8-9-17)22-19(15-32(23(22)30-16)25(34)36-27(5,6)7)18-12-13-28-21(14-18)31-24(33)35-26(2,3)4/h12-15,17H,8-9H2,1-7H3,(H,28,31,33). The first-order chi connectivity index (χ1) is 16.8. The number of ether oxygens (including phenoxy) is 2. The van der Waals surface area contributed by atoms with Crippen LogP contribution in [0.3, 0.4) is 0 Å². The maximum atomic E-state index is 13.1. The molecule has 3 aromatic rings. The lowest BCUT2D eigenvalue weighted by molar-refractivity contribution is 0.0542. The van der Waals surface area contributed by atoms with E-state index < -0.39 is 23.4 Å². The molecule has 0 saturated heterocycles. The van der Waals surface area contributed by atoms with Crippen molar-refractivity contribution in [3.8, 4) is 23.0 Å². The van der Waals surface area contributed by atoms with E-state index in [1.165, 1.54) is 4.57 Å². The Hall–Kier alpha value is -3.93. The molecule has 1 aliphatic rings. The van der Waals surface area contributed by atoms with Crippen LogP contribution in [-0.4, -0.2) is 42.9 Å². The molecular weight excluding hydrogens is 458 g/mol. The molecule has 9 nitrogen and oxygen atoms in total. The van der Waals surface area contributed by atoms with E-state index in [2.05, 4.69) is 32.1 Å². The van der Waals surface area contributed by atoms with Crippen LogP contribution in [0.4, 0.5) is 15.4 Å². The maximum Gasteiger partial charge on any atom is 0.420 e. The van der Waals surface area contributed by atoms with Gasteiger partial charge in [0.2, 0.25) is 0 Å². The summed E-state index contributed by atoms with van der Waals surface area (Å²) >= 11 is 0. The zero-order valence-electron chi connectivity index (χ0n) is 21.7. The van der Waals surface area contributed by atoms with E-state index in [9.17, 15) is 9.59 Å². The summed E-state index contributed by atoms with van der Waals surface area (Å²) in [4.78, 5) is 38.8. The van der Waals surface area contributed by atoms with Gasteiger partial charge in [-0.05, 0) is 84.9 Å². The van der Waals surface area contributed by atoms with E-state index in [1.54, 1.807) is 52.2 Å². The molecule has 188 valence electrons. The van der Waals surface area contributed by atoms with Gasteiger partial charge in [0.25, 0.3) is 0 Å². The first-order valence-corrected chi connectivity index (χ1v) is 11.9. The number of carbonyl (C=O) groups excluding carboxylic acids is 2. The number of aromatic nitrogens is 4. The Morgan fingerprint density at radius 2 is 1.78 bits per heavy atom. The van der Waals surface area contributed by atoms with Gasteiger partial charge in [0.05, 0.1) is 5.39 Å². The Balaban J connectivity index is 1.84. The van der Waals surface area contributed by atoms with Gasteiger partial charge in [-0.3, -0.25) is 5.32 Å². The molecule has 1 amide bonds. The molecular formula is C27H31N5O4. The number of rotatable bonds is 2. The van der Waals surface area contributed by atoms with Crippen molar-refractivity contribution in [1.82, 2.24) is 19.5 Å². The molecule has 0 unspecified atom stereocenters. The van der Waals surface area contributed by atoms with Gasteiger partial charge in [0.1, 0.15) is 28.5 Å². The largest absolute Gasteiger partial charge is 0.444 e. The van der Waals surface area contributed by atoms with Crippen LogP contribution >= 0.6 is 0 Å². The lowest BCUT2D eigenvalue weighted by atomic mass is 10.1. The predicted octanol–water partition coefficient (Wildman–Crippen LogP) is 5.69. The molecule has 0 aromatic carbocycles. The van der Waals surface area contributed by atoms with Gasteiger partial charge in [-0.1, -0.05) is 5.92 Å². The third-order valence-electron chi connectivity index (χ3n) is 5.02. The minimum atomic E-state index is -0.689. The summed E-state index contributed by atoms with van der Waals surface area (Å²) in [7, 11) is 0. The Morgan fingerprint density at radius 3 is 2.42 bits per heavy atom. The number of fused-ring (bicyclic) bond motifs is 1. The van der Waals surface area contributed by atoms with Crippen LogP contribution in [0.1, 0.15) is 65.9 Å². The van der Waals surface area contributed by atoms with Crippen molar-refractivity contribution in [2.45, 2.75) is 72.5 Å². The Kier molecular flexibility index (Phi) is 6.48. The van der Waals surface area contributed by atoms with Gasteiger partial charge in [-0.2, -0.15) is 0 Å². The summed E-state index contributed by atoms with van der Waals surface area (Å²) in [5, 5.41) is 3.29. The highest BCUT2D eigenvalue weighted by Gasteiger charge is 2.25. The van der Waals surface area contributed by atoms with Crippen LogP contribution < -0.4 is 5.32 Å². The Bertz CT molecular complexity index is 1400. The Morgan fingerprint density at radius 1 is 1.08 bits per heavy atom. The zero-order valence-corrected chi connectivity index (χ0v) is 21.7. The van der Waals surface area contributed by atoms with E-state index in [1.807, 2.05) is 20.8 Å². The van der Waals surface area contributed by atoms with Gasteiger partial charge in [0.15, 0.2) is 5.65 Å². The molecule has 0 atom stereocenters. The first kappa shape index (κ1) is 25.2. The van der Waals surface area contributed by atoms with Crippen molar-refractivity contribution in [2.24, 2.45) is 5.92 Å². The highest BCUT2D eigenvalue weighted by atomic mass is 16.6. The summed E-state index contributed by atoms with van der Waals surface area (Å²) in [5.74, 6) is 7.63. The number of anilines is 1. The van der Waals surface area contributed by atoms with Crippen molar-refractivity contribution >= 4 is 29.0 Å². The number of hydrogen-bond acceptors (Lipinski definition) is 7. The number of hydrogen-bond donors (Lipinski definition) is 1. The number of pyridine rings is 1. The molecule has 1 N–H and O–H groups in total. The molecule has 4 rings (SSSR count). The number of nitrogens with zero attached hydrogens (tertiary/aromatic N) is 4. The SMILES string of the molecule is Cc1nc(C#CC2CC2)c2c(-c3ccnc(NC(=O)OC(C)(C)C)c3)cn(C(=O)OC(C)(C)C)c2n1. The summed E-state index contributed by atoms with van der Waals surface area (Å²) in [6.45, 7) is 12.5.